The average molecular weight is 435 g/mol. The molecule has 0 unspecified atom stereocenters. The lowest BCUT2D eigenvalue weighted by Crippen LogP contribution is -2.28. The standard InChI is InChI=1S/C21H21Cl2FN4O/c1-28-18-11-16(24)13(20(29)25-9-8-12-4-2-5-12)10-17(18)26-21(28)27-19-14(22)6-3-7-15(19)23/h3,6-7,10-12H,2,4-5,8-9H2,1H3,(H,25,29)(H,26,27). The van der Waals surface area contributed by atoms with Crippen molar-refractivity contribution in [2.75, 3.05) is 11.9 Å². The fourth-order valence-electron chi connectivity index (χ4n) is 3.49. The quantitative estimate of drug-likeness (QED) is 0.524. The summed E-state index contributed by atoms with van der Waals surface area (Å²) >= 11 is 12.4. The van der Waals surface area contributed by atoms with Crippen LogP contribution in [0.15, 0.2) is 30.3 Å². The Balaban J connectivity index is 1.57. The van der Waals surface area contributed by atoms with Gasteiger partial charge in [0.15, 0.2) is 0 Å². The number of hydrogen-bond donors (Lipinski definition) is 2. The third kappa shape index (κ3) is 4.05. The highest BCUT2D eigenvalue weighted by Gasteiger charge is 2.20. The van der Waals surface area contributed by atoms with Crippen molar-refractivity contribution in [3.05, 3.63) is 51.8 Å². The van der Waals surface area contributed by atoms with Crippen molar-refractivity contribution in [1.29, 1.82) is 0 Å². The molecule has 1 aromatic heterocycles. The van der Waals surface area contributed by atoms with Crippen LogP contribution in [-0.2, 0) is 7.05 Å². The van der Waals surface area contributed by atoms with Gasteiger partial charge in [0.05, 0.1) is 32.3 Å². The number of aryl methyl sites for hydroxylation is 1. The van der Waals surface area contributed by atoms with Crippen molar-refractivity contribution < 1.29 is 9.18 Å². The molecule has 152 valence electrons. The molecule has 0 atom stereocenters. The molecule has 1 fully saturated rings. The van der Waals surface area contributed by atoms with Gasteiger partial charge in [-0.1, -0.05) is 48.5 Å². The van der Waals surface area contributed by atoms with E-state index in [2.05, 4.69) is 15.6 Å². The van der Waals surface area contributed by atoms with E-state index in [0.717, 1.165) is 6.42 Å². The Kier molecular flexibility index (Phi) is 5.65. The molecule has 0 aliphatic heterocycles. The summed E-state index contributed by atoms with van der Waals surface area (Å²) in [4.78, 5) is 16.9. The number of hydrogen-bond acceptors (Lipinski definition) is 3. The van der Waals surface area contributed by atoms with Gasteiger partial charge in [-0.2, -0.15) is 0 Å². The number of rotatable bonds is 6. The van der Waals surface area contributed by atoms with Gasteiger partial charge < -0.3 is 15.2 Å². The van der Waals surface area contributed by atoms with Gasteiger partial charge in [-0.3, -0.25) is 4.79 Å². The van der Waals surface area contributed by atoms with Crippen LogP contribution in [0.4, 0.5) is 16.0 Å². The van der Waals surface area contributed by atoms with Crippen LogP contribution in [-0.4, -0.2) is 22.0 Å². The smallest absolute Gasteiger partial charge is 0.254 e. The highest BCUT2D eigenvalue weighted by Crippen LogP contribution is 2.33. The summed E-state index contributed by atoms with van der Waals surface area (Å²) in [6.07, 6.45) is 4.63. The van der Waals surface area contributed by atoms with E-state index in [-0.39, 0.29) is 5.56 Å². The van der Waals surface area contributed by atoms with Crippen LogP contribution in [0.2, 0.25) is 10.0 Å². The van der Waals surface area contributed by atoms with Gasteiger partial charge in [-0.15, -0.1) is 0 Å². The minimum absolute atomic E-state index is 0.00784. The molecule has 8 heteroatoms. The largest absolute Gasteiger partial charge is 0.352 e. The molecule has 0 saturated heterocycles. The van der Waals surface area contributed by atoms with Crippen LogP contribution in [0.5, 0.6) is 0 Å². The van der Waals surface area contributed by atoms with Crippen molar-refractivity contribution in [2.45, 2.75) is 25.7 Å². The summed E-state index contributed by atoms with van der Waals surface area (Å²) in [6.45, 7) is 0.557. The van der Waals surface area contributed by atoms with E-state index in [1.165, 1.54) is 31.4 Å². The molecule has 1 aliphatic carbocycles. The zero-order valence-electron chi connectivity index (χ0n) is 15.9. The van der Waals surface area contributed by atoms with Gasteiger partial charge in [0.2, 0.25) is 5.95 Å². The fourth-order valence-corrected chi connectivity index (χ4v) is 3.99. The van der Waals surface area contributed by atoms with E-state index in [1.54, 1.807) is 29.8 Å². The maximum Gasteiger partial charge on any atom is 0.254 e. The number of aromatic nitrogens is 2. The van der Waals surface area contributed by atoms with Crippen molar-refractivity contribution in [2.24, 2.45) is 13.0 Å². The van der Waals surface area contributed by atoms with Crippen molar-refractivity contribution in [3.63, 3.8) is 0 Å². The summed E-state index contributed by atoms with van der Waals surface area (Å²) in [7, 11) is 1.75. The Bertz CT molecular complexity index is 1060. The molecule has 1 saturated carbocycles. The summed E-state index contributed by atoms with van der Waals surface area (Å²) < 4.78 is 16.3. The molecule has 0 bridgehead atoms. The van der Waals surface area contributed by atoms with Crippen molar-refractivity contribution in [3.8, 4) is 0 Å². The third-order valence-electron chi connectivity index (χ3n) is 5.48. The number of carbonyl (C=O) groups is 1. The number of para-hydroxylation sites is 1. The zero-order chi connectivity index (χ0) is 20.5. The van der Waals surface area contributed by atoms with E-state index in [4.69, 9.17) is 23.2 Å². The average Bonchev–Trinajstić information content (AvgIpc) is 2.95. The maximum absolute atomic E-state index is 14.6. The number of anilines is 2. The summed E-state index contributed by atoms with van der Waals surface area (Å²) in [5, 5.41) is 6.80. The number of nitrogens with one attached hydrogen (secondary N) is 2. The number of halogens is 3. The second-order valence-corrected chi connectivity index (χ2v) is 8.19. The van der Waals surface area contributed by atoms with Gasteiger partial charge >= 0.3 is 0 Å². The monoisotopic (exact) mass is 434 g/mol. The number of fused-ring (bicyclic) bond motifs is 1. The van der Waals surface area contributed by atoms with Gasteiger partial charge in [0.25, 0.3) is 5.91 Å². The van der Waals surface area contributed by atoms with E-state index >= 15 is 0 Å². The van der Waals surface area contributed by atoms with Gasteiger partial charge in [0, 0.05) is 19.7 Å². The first kappa shape index (κ1) is 20.0. The molecule has 0 spiro atoms. The lowest BCUT2D eigenvalue weighted by atomic mass is 9.83. The van der Waals surface area contributed by atoms with E-state index < -0.39 is 11.7 Å². The Morgan fingerprint density at radius 1 is 1.28 bits per heavy atom. The predicted octanol–water partition coefficient (Wildman–Crippen LogP) is 5.68. The van der Waals surface area contributed by atoms with Crippen LogP contribution >= 0.6 is 23.2 Å². The number of nitrogens with zero attached hydrogens (tertiary/aromatic N) is 2. The van der Waals surface area contributed by atoms with E-state index in [1.807, 2.05) is 0 Å². The van der Waals surface area contributed by atoms with Crippen LogP contribution in [0.25, 0.3) is 11.0 Å². The minimum atomic E-state index is -0.580. The molecule has 29 heavy (non-hydrogen) atoms. The minimum Gasteiger partial charge on any atom is -0.352 e. The second kappa shape index (κ2) is 8.20. The first-order valence-electron chi connectivity index (χ1n) is 9.59. The molecule has 1 heterocycles. The Morgan fingerprint density at radius 2 is 2.00 bits per heavy atom. The van der Waals surface area contributed by atoms with Crippen LogP contribution in [0.1, 0.15) is 36.0 Å². The number of imidazole rings is 1. The maximum atomic E-state index is 14.6. The first-order chi connectivity index (χ1) is 13.9. The zero-order valence-corrected chi connectivity index (χ0v) is 17.4. The topological polar surface area (TPSA) is 59.0 Å². The molecular weight excluding hydrogens is 414 g/mol. The predicted molar refractivity (Wildman–Crippen MR) is 115 cm³/mol. The number of benzene rings is 2. The third-order valence-corrected chi connectivity index (χ3v) is 6.11. The molecule has 0 radical (unpaired) electrons. The second-order valence-electron chi connectivity index (χ2n) is 7.38. The highest BCUT2D eigenvalue weighted by molar-refractivity contribution is 6.39. The van der Waals surface area contributed by atoms with E-state index in [0.29, 0.717) is 45.2 Å². The Labute approximate surface area is 178 Å². The molecule has 4 rings (SSSR count). The van der Waals surface area contributed by atoms with Gasteiger partial charge in [-0.25, -0.2) is 9.37 Å². The molecule has 2 N–H and O–H groups in total. The van der Waals surface area contributed by atoms with Crippen LogP contribution < -0.4 is 10.6 Å². The van der Waals surface area contributed by atoms with Gasteiger partial charge in [0.1, 0.15) is 5.82 Å². The van der Waals surface area contributed by atoms with Crippen LogP contribution in [0.3, 0.4) is 0 Å². The Morgan fingerprint density at radius 3 is 2.66 bits per heavy atom. The normalized spacial score (nSPS) is 14.1. The summed E-state index contributed by atoms with van der Waals surface area (Å²) in [5.41, 5.74) is 1.57. The fraction of sp³-hybridized carbons (Fsp3) is 0.333. The number of carbonyl (C=O) groups excluding carboxylic acids is 1. The SMILES string of the molecule is Cn1c(Nc2c(Cl)cccc2Cl)nc2cc(C(=O)NCCC3CCC3)c(F)cc21. The molecule has 2 aromatic carbocycles. The van der Waals surface area contributed by atoms with Crippen molar-refractivity contribution >= 4 is 51.8 Å². The molecule has 1 amide bonds. The Hall–Kier alpha value is -2.31. The summed E-state index contributed by atoms with van der Waals surface area (Å²) in [6, 6.07) is 7.97. The molecule has 3 aromatic rings. The van der Waals surface area contributed by atoms with Crippen molar-refractivity contribution in [1.82, 2.24) is 14.9 Å². The lowest BCUT2D eigenvalue weighted by molar-refractivity contribution is 0.0945. The highest BCUT2D eigenvalue weighted by atomic mass is 35.5. The van der Waals surface area contributed by atoms with Gasteiger partial charge in [-0.05, 0) is 30.5 Å². The molecular formula is C21H21Cl2FN4O. The number of amides is 1. The molecule has 1 aliphatic rings. The lowest BCUT2D eigenvalue weighted by Gasteiger charge is -2.25. The first-order valence-corrected chi connectivity index (χ1v) is 10.3. The summed E-state index contributed by atoms with van der Waals surface area (Å²) in [5.74, 6) is 0.127. The van der Waals surface area contributed by atoms with E-state index in [9.17, 15) is 9.18 Å². The van der Waals surface area contributed by atoms with Crippen LogP contribution in [0, 0.1) is 11.7 Å². The molecule has 5 nitrogen and oxygen atoms in total.